The van der Waals surface area contributed by atoms with Gasteiger partial charge in [0.25, 0.3) is 0 Å². The van der Waals surface area contributed by atoms with Crippen LogP contribution in [0.15, 0.2) is 47.8 Å². The zero-order chi connectivity index (χ0) is 17.1. The molecular weight excluding hydrogens is 330 g/mol. The molecule has 1 aromatic heterocycles. The number of nitrogens with zero attached hydrogens (tertiary/aromatic N) is 1. The lowest BCUT2D eigenvalue weighted by Gasteiger charge is -2.16. The summed E-state index contributed by atoms with van der Waals surface area (Å²) in [5.74, 6) is -1.64. The molecule has 3 nitrogen and oxygen atoms in total. The van der Waals surface area contributed by atoms with E-state index in [2.05, 4.69) is 22.8 Å². The van der Waals surface area contributed by atoms with Gasteiger partial charge in [-0.3, -0.25) is 9.69 Å². The van der Waals surface area contributed by atoms with Crippen LogP contribution in [0.25, 0.3) is 10.1 Å². The van der Waals surface area contributed by atoms with Crippen molar-refractivity contribution in [2.24, 2.45) is 0 Å². The number of carbonyl (C=O) groups is 1. The second kappa shape index (κ2) is 7.07. The van der Waals surface area contributed by atoms with E-state index in [4.69, 9.17) is 0 Å². The van der Waals surface area contributed by atoms with Crippen LogP contribution in [0.1, 0.15) is 5.56 Å². The number of hydrogen-bond donors (Lipinski definition) is 1. The maximum atomic E-state index is 13.6. The minimum atomic E-state index is -0.656. The second-order valence-electron chi connectivity index (χ2n) is 5.60. The Hall–Kier alpha value is -2.31. The number of hydrogen-bond acceptors (Lipinski definition) is 3. The molecule has 0 aliphatic heterocycles. The summed E-state index contributed by atoms with van der Waals surface area (Å²) in [5.41, 5.74) is 0.997. The first-order chi connectivity index (χ1) is 11.5. The summed E-state index contributed by atoms with van der Waals surface area (Å²) in [4.78, 5) is 13.9. The van der Waals surface area contributed by atoms with Crippen LogP contribution < -0.4 is 5.32 Å². The van der Waals surface area contributed by atoms with E-state index in [1.54, 1.807) is 11.3 Å². The highest BCUT2D eigenvalue weighted by Crippen LogP contribution is 2.26. The van der Waals surface area contributed by atoms with Gasteiger partial charge in [-0.2, -0.15) is 0 Å². The molecule has 0 aliphatic rings. The summed E-state index contributed by atoms with van der Waals surface area (Å²) in [5, 5.41) is 5.65. The van der Waals surface area contributed by atoms with Crippen molar-refractivity contribution in [1.29, 1.82) is 0 Å². The van der Waals surface area contributed by atoms with E-state index >= 15 is 0 Å². The Bertz CT molecular complexity index is 878. The van der Waals surface area contributed by atoms with Gasteiger partial charge in [-0.25, -0.2) is 8.78 Å². The number of likely N-dealkylation sites (N-methyl/N-ethyl adjacent to an activating group) is 1. The van der Waals surface area contributed by atoms with Crippen LogP contribution in [-0.2, 0) is 11.3 Å². The number of amides is 1. The monoisotopic (exact) mass is 346 g/mol. The van der Waals surface area contributed by atoms with Gasteiger partial charge in [-0.15, -0.1) is 11.3 Å². The van der Waals surface area contributed by atoms with Crippen LogP contribution in [0, 0.1) is 11.6 Å². The summed E-state index contributed by atoms with van der Waals surface area (Å²) in [7, 11) is 1.81. The average molecular weight is 346 g/mol. The average Bonchev–Trinajstić information content (AvgIpc) is 2.94. The van der Waals surface area contributed by atoms with E-state index in [0.717, 1.165) is 23.8 Å². The highest BCUT2D eigenvalue weighted by atomic mass is 32.1. The fraction of sp³-hybridized carbons (Fsp3) is 0.167. The van der Waals surface area contributed by atoms with Crippen LogP contribution in [0.4, 0.5) is 14.5 Å². The second-order valence-corrected chi connectivity index (χ2v) is 6.51. The number of halogens is 2. The van der Waals surface area contributed by atoms with E-state index in [0.29, 0.717) is 6.54 Å². The lowest BCUT2D eigenvalue weighted by atomic mass is 10.2. The summed E-state index contributed by atoms with van der Waals surface area (Å²) in [6.45, 7) is 0.684. The molecule has 0 saturated carbocycles. The number of anilines is 1. The molecule has 0 saturated heterocycles. The molecule has 0 spiro atoms. The summed E-state index contributed by atoms with van der Waals surface area (Å²) in [6, 6.07) is 11.1. The zero-order valence-electron chi connectivity index (χ0n) is 13.1. The molecule has 0 atom stereocenters. The van der Waals surface area contributed by atoms with E-state index < -0.39 is 11.6 Å². The normalized spacial score (nSPS) is 11.2. The predicted molar refractivity (Wildman–Crippen MR) is 93.1 cm³/mol. The maximum Gasteiger partial charge on any atom is 0.238 e. The van der Waals surface area contributed by atoms with E-state index in [1.807, 2.05) is 24.1 Å². The van der Waals surface area contributed by atoms with Crippen molar-refractivity contribution in [2.45, 2.75) is 6.54 Å². The Morgan fingerprint density at radius 1 is 1.21 bits per heavy atom. The molecular formula is C18H16F2N2OS. The molecule has 0 unspecified atom stereocenters. The molecule has 24 heavy (non-hydrogen) atoms. The SMILES string of the molecule is CN(CC(=O)Nc1cc(F)ccc1F)Cc1csc2ccccc12. The summed E-state index contributed by atoms with van der Waals surface area (Å²) in [6.07, 6.45) is 0. The van der Waals surface area contributed by atoms with Gasteiger partial charge in [0.1, 0.15) is 11.6 Å². The van der Waals surface area contributed by atoms with Crippen LogP contribution in [0.3, 0.4) is 0 Å². The Kier molecular flexibility index (Phi) is 4.87. The van der Waals surface area contributed by atoms with Gasteiger partial charge in [0, 0.05) is 17.3 Å². The number of thiophene rings is 1. The lowest BCUT2D eigenvalue weighted by Crippen LogP contribution is -2.30. The fourth-order valence-corrected chi connectivity index (χ4v) is 3.48. The van der Waals surface area contributed by atoms with Crippen LogP contribution in [0.5, 0.6) is 0 Å². The van der Waals surface area contributed by atoms with Gasteiger partial charge >= 0.3 is 0 Å². The van der Waals surface area contributed by atoms with Crippen LogP contribution in [-0.4, -0.2) is 24.4 Å². The molecule has 0 aliphatic carbocycles. The van der Waals surface area contributed by atoms with Gasteiger partial charge < -0.3 is 5.32 Å². The Morgan fingerprint density at radius 3 is 2.83 bits per heavy atom. The molecule has 124 valence electrons. The first-order valence-electron chi connectivity index (χ1n) is 7.41. The molecule has 2 aromatic carbocycles. The topological polar surface area (TPSA) is 32.3 Å². The van der Waals surface area contributed by atoms with Crippen molar-refractivity contribution >= 4 is 33.0 Å². The number of benzene rings is 2. The van der Waals surface area contributed by atoms with Crippen molar-refractivity contribution in [3.8, 4) is 0 Å². The molecule has 1 heterocycles. The molecule has 6 heteroatoms. The molecule has 3 aromatic rings. The standard InChI is InChI=1S/C18H16F2N2OS/c1-22(9-12-11-24-17-5-3-2-4-14(12)17)10-18(23)21-16-8-13(19)6-7-15(16)20/h2-8,11H,9-10H2,1H3,(H,21,23). The molecule has 1 amide bonds. The van der Waals surface area contributed by atoms with E-state index in [-0.39, 0.29) is 18.1 Å². The van der Waals surface area contributed by atoms with Gasteiger partial charge in [0.05, 0.1) is 12.2 Å². The number of fused-ring (bicyclic) bond motifs is 1. The van der Waals surface area contributed by atoms with Gasteiger partial charge in [0.2, 0.25) is 5.91 Å². The molecule has 0 fully saturated rings. The largest absolute Gasteiger partial charge is 0.322 e. The Morgan fingerprint density at radius 2 is 2.00 bits per heavy atom. The van der Waals surface area contributed by atoms with Crippen molar-refractivity contribution in [1.82, 2.24) is 4.90 Å². The van der Waals surface area contributed by atoms with Crippen LogP contribution in [0.2, 0.25) is 0 Å². The maximum absolute atomic E-state index is 13.6. The fourth-order valence-electron chi connectivity index (χ4n) is 2.53. The third kappa shape index (κ3) is 3.77. The summed E-state index contributed by atoms with van der Waals surface area (Å²) < 4.78 is 27.9. The first kappa shape index (κ1) is 16.5. The number of rotatable bonds is 5. The first-order valence-corrected chi connectivity index (χ1v) is 8.29. The van der Waals surface area contributed by atoms with E-state index in [1.165, 1.54) is 10.1 Å². The minimum absolute atomic E-state index is 0.0835. The predicted octanol–water partition coefficient (Wildman–Crippen LogP) is 4.25. The van der Waals surface area contributed by atoms with Gasteiger partial charge in [-0.05, 0) is 41.6 Å². The highest BCUT2D eigenvalue weighted by molar-refractivity contribution is 7.17. The molecule has 1 N–H and O–H groups in total. The van der Waals surface area contributed by atoms with Crippen molar-refractivity contribution in [2.75, 3.05) is 18.9 Å². The third-order valence-electron chi connectivity index (χ3n) is 3.62. The van der Waals surface area contributed by atoms with Crippen molar-refractivity contribution in [3.05, 3.63) is 65.0 Å². The van der Waals surface area contributed by atoms with Gasteiger partial charge in [-0.1, -0.05) is 18.2 Å². The van der Waals surface area contributed by atoms with E-state index in [9.17, 15) is 13.6 Å². The van der Waals surface area contributed by atoms with Gasteiger partial charge in [0.15, 0.2) is 0 Å². The summed E-state index contributed by atoms with van der Waals surface area (Å²) >= 11 is 1.66. The third-order valence-corrected chi connectivity index (χ3v) is 4.63. The molecule has 3 rings (SSSR count). The number of nitrogens with one attached hydrogen (secondary N) is 1. The van der Waals surface area contributed by atoms with Crippen molar-refractivity contribution in [3.63, 3.8) is 0 Å². The minimum Gasteiger partial charge on any atom is -0.322 e. The zero-order valence-corrected chi connectivity index (χ0v) is 13.9. The smallest absolute Gasteiger partial charge is 0.238 e. The van der Waals surface area contributed by atoms with Crippen LogP contribution >= 0.6 is 11.3 Å². The Labute approximate surface area is 142 Å². The molecule has 0 radical (unpaired) electrons. The molecule has 0 bridgehead atoms. The highest BCUT2D eigenvalue weighted by Gasteiger charge is 2.12. The Balaban J connectivity index is 1.63. The quantitative estimate of drug-likeness (QED) is 0.749. The lowest BCUT2D eigenvalue weighted by molar-refractivity contribution is -0.117. The van der Waals surface area contributed by atoms with Crippen molar-refractivity contribution < 1.29 is 13.6 Å². The number of carbonyl (C=O) groups excluding carboxylic acids is 1.